The van der Waals surface area contributed by atoms with E-state index >= 15 is 0 Å². The molecule has 0 bridgehead atoms. The van der Waals surface area contributed by atoms with Crippen molar-refractivity contribution < 1.29 is 19.1 Å². The van der Waals surface area contributed by atoms with E-state index in [1.807, 2.05) is 49.4 Å². The van der Waals surface area contributed by atoms with E-state index in [1.54, 1.807) is 49.3 Å². The second-order valence-corrected chi connectivity index (χ2v) is 9.10. The van der Waals surface area contributed by atoms with Crippen LogP contribution in [-0.4, -0.2) is 49.6 Å². The van der Waals surface area contributed by atoms with E-state index in [2.05, 4.69) is 5.32 Å². The van der Waals surface area contributed by atoms with E-state index in [4.69, 9.17) is 4.74 Å². The molecule has 4 rings (SSSR count). The molecule has 1 aliphatic rings. The highest BCUT2D eigenvalue weighted by atomic mass is 16.5. The van der Waals surface area contributed by atoms with Crippen LogP contribution in [0.4, 0.5) is 11.4 Å². The van der Waals surface area contributed by atoms with Gasteiger partial charge in [-0.25, -0.2) is 0 Å². The van der Waals surface area contributed by atoms with Crippen molar-refractivity contribution in [2.24, 2.45) is 0 Å². The summed E-state index contributed by atoms with van der Waals surface area (Å²) in [5, 5.41) is 2.89. The minimum absolute atomic E-state index is 0.104. The van der Waals surface area contributed by atoms with Gasteiger partial charge in [0.15, 0.2) is 0 Å². The maximum absolute atomic E-state index is 13.8. The number of benzene rings is 3. The minimum Gasteiger partial charge on any atom is -0.348 e. The van der Waals surface area contributed by atoms with Crippen LogP contribution in [0.1, 0.15) is 44.7 Å². The Morgan fingerprint density at radius 1 is 0.972 bits per heavy atom. The fourth-order valence-corrected chi connectivity index (χ4v) is 4.26. The van der Waals surface area contributed by atoms with E-state index in [9.17, 15) is 14.4 Å². The third kappa shape index (κ3) is 5.63. The summed E-state index contributed by atoms with van der Waals surface area (Å²) in [6, 6.07) is 22.0. The molecule has 36 heavy (non-hydrogen) atoms. The van der Waals surface area contributed by atoms with Gasteiger partial charge in [-0.1, -0.05) is 36.4 Å². The lowest BCUT2D eigenvalue weighted by atomic mass is 10.1. The predicted octanol–water partition coefficient (Wildman–Crippen LogP) is 4.66. The zero-order valence-electron chi connectivity index (χ0n) is 20.9. The van der Waals surface area contributed by atoms with Gasteiger partial charge in [0.25, 0.3) is 11.8 Å². The summed E-state index contributed by atoms with van der Waals surface area (Å²) >= 11 is 0. The summed E-state index contributed by atoms with van der Waals surface area (Å²) in [6.07, 6.45) is 1.72. The quantitative estimate of drug-likeness (QED) is 0.551. The van der Waals surface area contributed by atoms with E-state index in [1.165, 1.54) is 4.90 Å². The molecule has 0 spiro atoms. The lowest BCUT2D eigenvalue weighted by molar-refractivity contribution is -0.135. The van der Waals surface area contributed by atoms with Crippen LogP contribution in [0.3, 0.4) is 0 Å². The molecule has 0 saturated heterocycles. The summed E-state index contributed by atoms with van der Waals surface area (Å²) in [6.45, 7) is 1.79. The Bertz CT molecular complexity index is 1250. The van der Waals surface area contributed by atoms with Crippen molar-refractivity contribution in [2.45, 2.75) is 32.4 Å². The first-order valence-corrected chi connectivity index (χ1v) is 12.1. The van der Waals surface area contributed by atoms with Crippen LogP contribution >= 0.6 is 0 Å². The van der Waals surface area contributed by atoms with Crippen molar-refractivity contribution in [2.75, 3.05) is 30.9 Å². The van der Waals surface area contributed by atoms with Crippen molar-refractivity contribution in [3.8, 4) is 0 Å². The van der Waals surface area contributed by atoms with Gasteiger partial charge in [-0.2, -0.15) is 0 Å². The van der Waals surface area contributed by atoms with Gasteiger partial charge in [-0.15, -0.1) is 0 Å². The Hall–Kier alpha value is -3.97. The van der Waals surface area contributed by atoms with Crippen LogP contribution in [0.25, 0.3) is 0 Å². The lowest BCUT2D eigenvalue weighted by Crippen LogP contribution is -2.43. The molecule has 0 fully saturated rings. The number of carbonyl (C=O) groups excluding carboxylic acids is 3. The minimum atomic E-state index is -0.564. The van der Waals surface area contributed by atoms with E-state index < -0.39 is 6.23 Å². The van der Waals surface area contributed by atoms with Crippen LogP contribution in [0.5, 0.6) is 0 Å². The Kier molecular flexibility index (Phi) is 7.80. The number of ether oxygens (including phenoxy) is 1. The monoisotopic (exact) mass is 485 g/mol. The van der Waals surface area contributed by atoms with Crippen molar-refractivity contribution in [3.05, 3.63) is 95.1 Å². The van der Waals surface area contributed by atoms with Gasteiger partial charge in [-0.05, 0) is 73.7 Å². The number of amides is 3. The number of anilines is 2. The van der Waals surface area contributed by atoms with Gasteiger partial charge < -0.3 is 15.0 Å². The number of para-hydroxylation sites is 1. The van der Waals surface area contributed by atoms with Gasteiger partial charge in [0.1, 0.15) is 12.8 Å². The number of likely N-dealkylation sites (N-methyl/N-ethyl adjacent to an activating group) is 1. The maximum atomic E-state index is 13.8. The molecule has 3 aromatic carbocycles. The average Bonchev–Trinajstić information content (AvgIpc) is 3.06. The highest BCUT2D eigenvalue weighted by molar-refractivity contribution is 6.08. The predicted molar refractivity (Wildman–Crippen MR) is 140 cm³/mol. The average molecular weight is 486 g/mol. The Labute approximate surface area is 211 Å². The third-order valence-corrected chi connectivity index (χ3v) is 6.33. The molecular formula is C29H31N3O4. The number of nitrogens with one attached hydrogen (secondary N) is 1. The van der Waals surface area contributed by atoms with Crippen LogP contribution in [0.15, 0.2) is 72.8 Å². The van der Waals surface area contributed by atoms with Crippen molar-refractivity contribution >= 4 is 29.1 Å². The molecular weight excluding hydrogens is 454 g/mol. The second kappa shape index (κ2) is 11.2. The first kappa shape index (κ1) is 25.1. The van der Waals surface area contributed by atoms with Crippen molar-refractivity contribution in [1.82, 2.24) is 4.90 Å². The highest BCUT2D eigenvalue weighted by Gasteiger charge is 2.31. The summed E-state index contributed by atoms with van der Waals surface area (Å²) in [5.74, 6) is -0.579. The molecule has 1 atom stereocenters. The van der Waals surface area contributed by atoms with Gasteiger partial charge in [0.05, 0.1) is 0 Å². The summed E-state index contributed by atoms with van der Waals surface area (Å²) in [5.41, 5.74) is 4.41. The number of fused-ring (bicyclic) bond motifs is 1. The molecule has 1 heterocycles. The van der Waals surface area contributed by atoms with E-state index in [0.29, 0.717) is 23.2 Å². The fourth-order valence-electron chi connectivity index (χ4n) is 4.26. The molecule has 1 aliphatic heterocycles. The Morgan fingerprint density at radius 3 is 2.39 bits per heavy atom. The smallest absolute Gasteiger partial charge is 0.260 e. The zero-order valence-corrected chi connectivity index (χ0v) is 20.9. The number of aryl methyl sites for hydroxylation is 2. The molecule has 0 saturated carbocycles. The van der Waals surface area contributed by atoms with Crippen LogP contribution in [-0.2, 0) is 16.0 Å². The number of hydrogen-bond donors (Lipinski definition) is 1. The molecule has 3 amide bonds. The second-order valence-electron chi connectivity index (χ2n) is 9.10. The molecule has 0 radical (unpaired) electrons. The highest BCUT2D eigenvalue weighted by Crippen LogP contribution is 2.32. The fraction of sp³-hybridized carbons (Fsp3) is 0.276. The standard InChI is InChI=1S/C29H31N3O4/c1-20-9-4-6-12-24(20)28(34)30-23-17-15-22(16-18-23)29(35)32-25-13-7-5-10-21(25)11-8-14-27(32)36-19-26(33)31(2)3/h4-7,9-10,12-13,15-18,27H,8,11,14,19H2,1-3H3,(H,30,34). The molecule has 1 N–H and O–H groups in total. The van der Waals surface area contributed by atoms with Crippen LogP contribution in [0, 0.1) is 6.92 Å². The molecule has 186 valence electrons. The molecule has 7 nitrogen and oxygen atoms in total. The Morgan fingerprint density at radius 2 is 1.67 bits per heavy atom. The first-order valence-electron chi connectivity index (χ1n) is 12.1. The van der Waals surface area contributed by atoms with Crippen molar-refractivity contribution in [1.29, 1.82) is 0 Å². The number of carbonyl (C=O) groups is 3. The van der Waals surface area contributed by atoms with Crippen molar-refractivity contribution in [3.63, 3.8) is 0 Å². The number of rotatable bonds is 6. The van der Waals surface area contributed by atoms with Crippen LogP contribution < -0.4 is 10.2 Å². The third-order valence-electron chi connectivity index (χ3n) is 6.33. The molecule has 3 aromatic rings. The largest absolute Gasteiger partial charge is 0.348 e. The van der Waals surface area contributed by atoms with Gasteiger partial charge >= 0.3 is 0 Å². The van der Waals surface area contributed by atoms with Gasteiger partial charge in [0.2, 0.25) is 5.91 Å². The Balaban J connectivity index is 1.57. The van der Waals surface area contributed by atoms with Gasteiger partial charge in [0, 0.05) is 36.6 Å². The summed E-state index contributed by atoms with van der Waals surface area (Å²) < 4.78 is 5.99. The summed E-state index contributed by atoms with van der Waals surface area (Å²) in [7, 11) is 3.35. The zero-order chi connectivity index (χ0) is 25.7. The van der Waals surface area contributed by atoms with Gasteiger partial charge in [-0.3, -0.25) is 19.3 Å². The van der Waals surface area contributed by atoms with Crippen LogP contribution in [0.2, 0.25) is 0 Å². The lowest BCUT2D eigenvalue weighted by Gasteiger charge is -2.31. The SMILES string of the molecule is Cc1ccccc1C(=O)Nc1ccc(C(=O)N2c3ccccc3CCCC2OCC(=O)N(C)C)cc1. The topological polar surface area (TPSA) is 79.0 Å². The maximum Gasteiger partial charge on any atom is 0.260 e. The first-order chi connectivity index (χ1) is 17.3. The number of nitrogens with zero attached hydrogens (tertiary/aromatic N) is 2. The van der Waals surface area contributed by atoms with E-state index in [0.717, 1.165) is 29.7 Å². The molecule has 1 unspecified atom stereocenters. The molecule has 0 aromatic heterocycles. The molecule has 0 aliphatic carbocycles. The molecule has 7 heteroatoms. The normalized spacial score (nSPS) is 15.0. The summed E-state index contributed by atoms with van der Waals surface area (Å²) in [4.78, 5) is 41.7. The van der Waals surface area contributed by atoms with E-state index in [-0.39, 0.29) is 24.3 Å². The number of hydrogen-bond acceptors (Lipinski definition) is 4.